The molecule has 1 saturated heterocycles. The average molecular weight is 242 g/mol. The molecule has 1 aliphatic heterocycles. The Balaban J connectivity index is 1.88. The molecule has 0 radical (unpaired) electrons. The quantitative estimate of drug-likeness (QED) is 0.755. The van der Waals surface area contributed by atoms with Gasteiger partial charge in [-0.2, -0.15) is 5.10 Å². The maximum absolute atomic E-state index is 5.76. The molecule has 0 amide bonds. The Labute approximate surface area is 101 Å². The van der Waals surface area contributed by atoms with E-state index in [1.54, 1.807) is 0 Å². The van der Waals surface area contributed by atoms with Crippen LogP contribution in [0.25, 0.3) is 0 Å². The average Bonchev–Trinajstić information content (AvgIpc) is 2.33. The number of piperidine rings is 1. The third kappa shape index (κ3) is 3.06. The minimum Gasteiger partial charge on any atom is -0.473 e. The van der Waals surface area contributed by atoms with Crippen molar-refractivity contribution in [1.82, 2.24) is 15.1 Å². The third-order valence-electron chi connectivity index (χ3n) is 2.79. The zero-order valence-corrected chi connectivity index (χ0v) is 10.2. The van der Waals surface area contributed by atoms with Gasteiger partial charge in [-0.05, 0) is 26.0 Å². The van der Waals surface area contributed by atoms with Gasteiger partial charge in [0.05, 0.1) is 11.6 Å². The minimum absolute atomic E-state index is 0.271. The van der Waals surface area contributed by atoms with Crippen molar-refractivity contribution in [2.45, 2.75) is 24.8 Å². The van der Waals surface area contributed by atoms with Crippen molar-refractivity contribution < 1.29 is 4.74 Å². The van der Waals surface area contributed by atoms with Crippen molar-refractivity contribution in [3.8, 4) is 5.88 Å². The maximum Gasteiger partial charge on any atom is 0.233 e. The molecule has 16 heavy (non-hydrogen) atoms. The van der Waals surface area contributed by atoms with Gasteiger partial charge in [-0.3, -0.25) is 0 Å². The molecule has 2 rings (SSSR count). The van der Waals surface area contributed by atoms with Crippen LogP contribution in [-0.4, -0.2) is 41.3 Å². The van der Waals surface area contributed by atoms with Crippen LogP contribution in [0.15, 0.2) is 12.1 Å². The predicted octanol–water partition coefficient (Wildman–Crippen LogP) is 1.69. The first-order valence-corrected chi connectivity index (χ1v) is 6.05. The molecule has 1 aliphatic rings. The number of ether oxygens (including phenoxy) is 1. The van der Waals surface area contributed by atoms with E-state index >= 15 is 0 Å². The highest BCUT2D eigenvalue weighted by Gasteiger charge is 2.18. The number of alkyl halides is 1. The zero-order valence-electron chi connectivity index (χ0n) is 9.40. The molecule has 88 valence electrons. The summed E-state index contributed by atoms with van der Waals surface area (Å²) in [5.41, 5.74) is 0.775. The normalized spacial score (nSPS) is 18.6. The van der Waals surface area contributed by atoms with Gasteiger partial charge in [0.15, 0.2) is 0 Å². The summed E-state index contributed by atoms with van der Waals surface area (Å²) in [6.45, 7) is 2.16. The Morgan fingerprint density at radius 1 is 1.38 bits per heavy atom. The fourth-order valence-electron chi connectivity index (χ4n) is 1.76. The summed E-state index contributed by atoms with van der Waals surface area (Å²) < 4.78 is 5.76. The first-order valence-electron chi connectivity index (χ1n) is 5.51. The lowest BCUT2D eigenvalue weighted by Gasteiger charge is -2.28. The highest BCUT2D eigenvalue weighted by atomic mass is 35.5. The number of hydrogen-bond acceptors (Lipinski definition) is 4. The van der Waals surface area contributed by atoms with Crippen LogP contribution in [0.3, 0.4) is 0 Å². The SMILES string of the molecule is CN1CCC(Oc2ccc(CCl)nn2)CC1. The van der Waals surface area contributed by atoms with Gasteiger partial charge in [-0.25, -0.2) is 0 Å². The molecule has 1 fully saturated rings. The van der Waals surface area contributed by atoms with E-state index in [0.29, 0.717) is 11.8 Å². The van der Waals surface area contributed by atoms with Crippen molar-refractivity contribution in [2.75, 3.05) is 20.1 Å². The Hall–Kier alpha value is -0.870. The molecule has 2 heterocycles. The maximum atomic E-state index is 5.76. The van der Waals surface area contributed by atoms with Gasteiger partial charge in [0.1, 0.15) is 6.10 Å². The van der Waals surface area contributed by atoms with Crippen molar-refractivity contribution >= 4 is 11.6 Å². The molecule has 0 aliphatic carbocycles. The number of halogens is 1. The predicted molar refractivity (Wildman–Crippen MR) is 62.7 cm³/mol. The standard InChI is InChI=1S/C11H16ClN3O/c1-15-6-4-10(5-7-15)16-11-3-2-9(8-12)13-14-11/h2-3,10H,4-8H2,1H3. The van der Waals surface area contributed by atoms with Crippen molar-refractivity contribution in [3.63, 3.8) is 0 Å². The number of nitrogens with zero attached hydrogens (tertiary/aromatic N) is 3. The van der Waals surface area contributed by atoms with Gasteiger partial charge in [-0.1, -0.05) is 0 Å². The fourth-order valence-corrected chi connectivity index (χ4v) is 1.90. The van der Waals surface area contributed by atoms with E-state index in [4.69, 9.17) is 16.3 Å². The van der Waals surface area contributed by atoms with Gasteiger partial charge in [-0.15, -0.1) is 16.7 Å². The van der Waals surface area contributed by atoms with E-state index in [-0.39, 0.29) is 6.10 Å². The molecule has 1 aromatic rings. The van der Waals surface area contributed by atoms with E-state index in [1.807, 2.05) is 12.1 Å². The molecule has 0 bridgehead atoms. The van der Waals surface area contributed by atoms with Crippen LogP contribution < -0.4 is 4.74 Å². The van der Waals surface area contributed by atoms with Gasteiger partial charge in [0.2, 0.25) is 5.88 Å². The Kier molecular flexibility index (Phi) is 3.96. The fraction of sp³-hybridized carbons (Fsp3) is 0.636. The van der Waals surface area contributed by atoms with Crippen LogP contribution in [0.1, 0.15) is 18.5 Å². The lowest BCUT2D eigenvalue weighted by molar-refractivity contribution is 0.109. The van der Waals surface area contributed by atoms with Crippen LogP contribution in [0, 0.1) is 0 Å². The van der Waals surface area contributed by atoms with E-state index < -0.39 is 0 Å². The van der Waals surface area contributed by atoms with Gasteiger partial charge < -0.3 is 9.64 Å². The molecular formula is C11H16ClN3O. The molecular weight excluding hydrogens is 226 g/mol. The lowest BCUT2D eigenvalue weighted by Crippen LogP contribution is -2.35. The first kappa shape index (κ1) is 11.6. The van der Waals surface area contributed by atoms with Gasteiger partial charge >= 0.3 is 0 Å². The highest BCUT2D eigenvalue weighted by molar-refractivity contribution is 6.16. The molecule has 0 spiro atoms. The summed E-state index contributed by atoms with van der Waals surface area (Å²) >= 11 is 5.64. The summed E-state index contributed by atoms with van der Waals surface area (Å²) in [4.78, 5) is 2.31. The lowest BCUT2D eigenvalue weighted by atomic mass is 10.1. The summed E-state index contributed by atoms with van der Waals surface area (Å²) in [7, 11) is 2.13. The molecule has 4 nitrogen and oxygen atoms in total. The molecule has 1 aromatic heterocycles. The summed E-state index contributed by atoms with van der Waals surface area (Å²) in [6.07, 6.45) is 2.37. The number of rotatable bonds is 3. The first-order chi connectivity index (χ1) is 7.78. The van der Waals surface area contributed by atoms with Crippen LogP contribution in [0.2, 0.25) is 0 Å². The van der Waals surface area contributed by atoms with Crippen molar-refractivity contribution in [3.05, 3.63) is 17.8 Å². The van der Waals surface area contributed by atoms with Crippen molar-refractivity contribution in [1.29, 1.82) is 0 Å². The second kappa shape index (κ2) is 5.46. The summed E-state index contributed by atoms with van der Waals surface area (Å²) in [6, 6.07) is 3.69. The smallest absolute Gasteiger partial charge is 0.233 e. The Morgan fingerprint density at radius 3 is 2.69 bits per heavy atom. The van der Waals surface area contributed by atoms with E-state index in [0.717, 1.165) is 31.6 Å². The monoisotopic (exact) mass is 241 g/mol. The van der Waals surface area contributed by atoms with E-state index in [9.17, 15) is 0 Å². The Morgan fingerprint density at radius 2 is 2.12 bits per heavy atom. The van der Waals surface area contributed by atoms with E-state index in [1.165, 1.54) is 0 Å². The van der Waals surface area contributed by atoms with Crippen LogP contribution in [0.5, 0.6) is 5.88 Å². The van der Waals surface area contributed by atoms with Gasteiger partial charge in [0.25, 0.3) is 0 Å². The molecule has 5 heteroatoms. The molecule has 0 saturated carbocycles. The second-order valence-corrected chi connectivity index (χ2v) is 4.38. The molecule has 0 aromatic carbocycles. The Bertz CT molecular complexity index is 323. The molecule has 0 N–H and O–H groups in total. The van der Waals surface area contributed by atoms with E-state index in [2.05, 4.69) is 22.1 Å². The third-order valence-corrected chi connectivity index (χ3v) is 3.06. The van der Waals surface area contributed by atoms with Crippen molar-refractivity contribution in [2.24, 2.45) is 0 Å². The minimum atomic E-state index is 0.271. The largest absolute Gasteiger partial charge is 0.473 e. The molecule has 0 unspecified atom stereocenters. The van der Waals surface area contributed by atoms with Crippen LogP contribution in [-0.2, 0) is 5.88 Å². The summed E-state index contributed by atoms with van der Waals surface area (Å²) in [5.74, 6) is 0.991. The zero-order chi connectivity index (χ0) is 11.4. The number of likely N-dealkylation sites (tertiary alicyclic amines) is 1. The van der Waals surface area contributed by atoms with Crippen LogP contribution >= 0.6 is 11.6 Å². The van der Waals surface area contributed by atoms with Crippen LogP contribution in [0.4, 0.5) is 0 Å². The number of aromatic nitrogens is 2. The highest BCUT2D eigenvalue weighted by Crippen LogP contribution is 2.16. The summed E-state index contributed by atoms with van der Waals surface area (Å²) in [5, 5.41) is 7.95. The topological polar surface area (TPSA) is 38.2 Å². The molecule has 0 atom stereocenters. The van der Waals surface area contributed by atoms with Gasteiger partial charge in [0, 0.05) is 19.2 Å². The second-order valence-electron chi connectivity index (χ2n) is 4.12. The number of hydrogen-bond donors (Lipinski definition) is 0.